The Balaban J connectivity index is 2.48. The molecule has 0 bridgehead atoms. The number of phenolic OH excluding ortho intramolecular Hbond substituents is 1. The minimum absolute atomic E-state index is 0.00211. The quantitative estimate of drug-likeness (QED) is 0.721. The summed E-state index contributed by atoms with van der Waals surface area (Å²) in [5.41, 5.74) is 0.374. The van der Waals surface area contributed by atoms with Crippen molar-refractivity contribution in [3.05, 3.63) is 29.8 Å². The molecule has 0 atom stereocenters. The highest BCUT2D eigenvalue weighted by molar-refractivity contribution is 5.81. The third-order valence-electron chi connectivity index (χ3n) is 2.72. The van der Waals surface area contributed by atoms with Crippen molar-refractivity contribution < 1.29 is 9.90 Å². The van der Waals surface area contributed by atoms with Crippen LogP contribution in [0.25, 0.3) is 0 Å². The number of amides is 1. The van der Waals surface area contributed by atoms with Crippen LogP contribution in [0.1, 0.15) is 19.4 Å². The Morgan fingerprint density at radius 1 is 1.35 bits per heavy atom. The molecule has 1 aromatic rings. The zero-order valence-corrected chi connectivity index (χ0v) is 10.6. The first-order valence-corrected chi connectivity index (χ1v) is 5.67. The third-order valence-corrected chi connectivity index (χ3v) is 2.72. The number of benzene rings is 1. The lowest BCUT2D eigenvalue weighted by atomic mass is 9.92. The molecule has 0 aliphatic heterocycles. The minimum atomic E-state index is -0.459. The Bertz CT molecular complexity index is 389. The molecule has 0 saturated carbocycles. The van der Waals surface area contributed by atoms with E-state index < -0.39 is 5.41 Å². The van der Waals surface area contributed by atoms with Gasteiger partial charge in [0.05, 0.1) is 5.41 Å². The first-order chi connectivity index (χ1) is 7.97. The molecule has 0 saturated heterocycles. The average molecular weight is 236 g/mol. The Morgan fingerprint density at radius 2 is 2.00 bits per heavy atom. The summed E-state index contributed by atoms with van der Waals surface area (Å²) < 4.78 is 0. The van der Waals surface area contributed by atoms with Crippen molar-refractivity contribution >= 4 is 5.91 Å². The molecule has 3 N–H and O–H groups in total. The van der Waals surface area contributed by atoms with Crippen LogP contribution in [-0.2, 0) is 11.3 Å². The van der Waals surface area contributed by atoms with Gasteiger partial charge in [0.1, 0.15) is 5.75 Å². The van der Waals surface area contributed by atoms with Gasteiger partial charge in [0.15, 0.2) is 0 Å². The van der Waals surface area contributed by atoms with E-state index >= 15 is 0 Å². The Labute approximate surface area is 102 Å². The van der Waals surface area contributed by atoms with Crippen molar-refractivity contribution in [2.45, 2.75) is 20.4 Å². The average Bonchev–Trinajstić information content (AvgIpc) is 2.30. The molecule has 0 aliphatic rings. The van der Waals surface area contributed by atoms with Crippen molar-refractivity contribution in [1.29, 1.82) is 0 Å². The van der Waals surface area contributed by atoms with E-state index in [1.165, 1.54) is 0 Å². The van der Waals surface area contributed by atoms with Crippen LogP contribution in [-0.4, -0.2) is 24.6 Å². The van der Waals surface area contributed by atoms with Gasteiger partial charge < -0.3 is 15.7 Å². The second kappa shape index (κ2) is 5.68. The van der Waals surface area contributed by atoms with Crippen LogP contribution in [0, 0.1) is 5.41 Å². The smallest absolute Gasteiger partial charge is 0.226 e. The van der Waals surface area contributed by atoms with Crippen molar-refractivity contribution in [2.24, 2.45) is 5.41 Å². The summed E-state index contributed by atoms with van der Waals surface area (Å²) in [6.45, 7) is 4.86. The highest BCUT2D eigenvalue weighted by atomic mass is 16.3. The molecular formula is C13H20N2O2. The van der Waals surface area contributed by atoms with Gasteiger partial charge in [-0.1, -0.05) is 18.2 Å². The Kier molecular flexibility index (Phi) is 4.52. The number of nitrogens with one attached hydrogen (secondary N) is 2. The van der Waals surface area contributed by atoms with Gasteiger partial charge >= 0.3 is 0 Å². The van der Waals surface area contributed by atoms with Gasteiger partial charge in [-0.25, -0.2) is 0 Å². The van der Waals surface area contributed by atoms with Gasteiger partial charge in [-0.05, 0) is 19.9 Å². The van der Waals surface area contributed by atoms with Crippen molar-refractivity contribution in [1.82, 2.24) is 10.6 Å². The lowest BCUT2D eigenvalue weighted by Gasteiger charge is -2.23. The van der Waals surface area contributed by atoms with E-state index in [0.717, 1.165) is 5.56 Å². The molecule has 0 heterocycles. The Morgan fingerprint density at radius 3 is 2.59 bits per heavy atom. The summed E-state index contributed by atoms with van der Waals surface area (Å²) in [4.78, 5) is 11.5. The van der Waals surface area contributed by atoms with Crippen molar-refractivity contribution in [2.75, 3.05) is 13.6 Å². The predicted molar refractivity (Wildman–Crippen MR) is 67.7 cm³/mol. The molecule has 0 unspecified atom stereocenters. The first-order valence-electron chi connectivity index (χ1n) is 5.67. The number of aromatic hydroxyl groups is 1. The number of hydrogen-bond acceptors (Lipinski definition) is 3. The van der Waals surface area contributed by atoms with Gasteiger partial charge in [0, 0.05) is 25.7 Å². The summed E-state index contributed by atoms with van der Waals surface area (Å²) in [5.74, 6) is 0.278. The van der Waals surface area contributed by atoms with E-state index in [4.69, 9.17) is 0 Å². The zero-order valence-electron chi connectivity index (χ0n) is 10.6. The standard InChI is InChI=1S/C13H20N2O2/c1-13(2,12(17)14-3)9-15-8-10-6-4-5-7-11(10)16/h4-7,15-16H,8-9H2,1-3H3,(H,14,17). The van der Waals surface area contributed by atoms with Gasteiger partial charge in [0.2, 0.25) is 5.91 Å². The van der Waals surface area contributed by atoms with E-state index in [0.29, 0.717) is 13.1 Å². The topological polar surface area (TPSA) is 61.4 Å². The normalized spacial score (nSPS) is 11.2. The van der Waals surface area contributed by atoms with E-state index in [2.05, 4.69) is 10.6 Å². The van der Waals surface area contributed by atoms with Gasteiger partial charge in [0.25, 0.3) is 0 Å². The second-order valence-electron chi connectivity index (χ2n) is 4.70. The van der Waals surface area contributed by atoms with Crippen molar-refractivity contribution in [3.63, 3.8) is 0 Å². The van der Waals surface area contributed by atoms with Crippen LogP contribution in [0.4, 0.5) is 0 Å². The van der Waals surface area contributed by atoms with Gasteiger partial charge in [-0.15, -0.1) is 0 Å². The summed E-state index contributed by atoms with van der Waals surface area (Å²) >= 11 is 0. The first kappa shape index (κ1) is 13.5. The van der Waals surface area contributed by atoms with E-state index in [1.54, 1.807) is 19.2 Å². The molecule has 0 spiro atoms. The maximum Gasteiger partial charge on any atom is 0.226 e. The summed E-state index contributed by atoms with van der Waals surface area (Å²) in [5, 5.41) is 15.4. The molecular weight excluding hydrogens is 216 g/mol. The maximum atomic E-state index is 11.5. The molecule has 17 heavy (non-hydrogen) atoms. The molecule has 0 aromatic heterocycles. The van der Waals surface area contributed by atoms with Crippen LogP contribution in [0.3, 0.4) is 0 Å². The van der Waals surface area contributed by atoms with Crippen LogP contribution >= 0.6 is 0 Å². The maximum absolute atomic E-state index is 11.5. The van der Waals surface area contributed by atoms with Crippen LogP contribution in [0.5, 0.6) is 5.75 Å². The number of rotatable bonds is 5. The van der Waals surface area contributed by atoms with Gasteiger partial charge in [-0.3, -0.25) is 4.79 Å². The predicted octanol–water partition coefficient (Wildman–Crippen LogP) is 1.25. The molecule has 4 nitrogen and oxygen atoms in total. The van der Waals surface area contributed by atoms with E-state index in [-0.39, 0.29) is 11.7 Å². The number of hydrogen-bond donors (Lipinski definition) is 3. The van der Waals surface area contributed by atoms with Crippen LogP contribution in [0.2, 0.25) is 0 Å². The molecule has 94 valence electrons. The van der Waals surface area contributed by atoms with Crippen LogP contribution < -0.4 is 10.6 Å². The molecule has 0 fully saturated rings. The third kappa shape index (κ3) is 3.75. The minimum Gasteiger partial charge on any atom is -0.508 e. The van der Waals surface area contributed by atoms with E-state index in [9.17, 15) is 9.90 Å². The van der Waals surface area contributed by atoms with Gasteiger partial charge in [-0.2, -0.15) is 0 Å². The highest BCUT2D eigenvalue weighted by Gasteiger charge is 2.25. The molecule has 4 heteroatoms. The fraction of sp³-hybridized carbons (Fsp3) is 0.462. The molecule has 1 aromatic carbocycles. The zero-order chi connectivity index (χ0) is 12.9. The molecule has 0 radical (unpaired) electrons. The summed E-state index contributed by atoms with van der Waals surface area (Å²) in [7, 11) is 1.63. The van der Waals surface area contributed by atoms with Crippen LogP contribution in [0.15, 0.2) is 24.3 Å². The fourth-order valence-electron chi connectivity index (χ4n) is 1.59. The van der Waals surface area contributed by atoms with Crippen molar-refractivity contribution in [3.8, 4) is 5.75 Å². The highest BCUT2D eigenvalue weighted by Crippen LogP contribution is 2.17. The lowest BCUT2D eigenvalue weighted by molar-refractivity contribution is -0.128. The summed E-state index contributed by atoms with van der Waals surface area (Å²) in [6.07, 6.45) is 0. The fourth-order valence-corrected chi connectivity index (χ4v) is 1.59. The molecule has 0 aliphatic carbocycles. The monoisotopic (exact) mass is 236 g/mol. The largest absolute Gasteiger partial charge is 0.508 e. The second-order valence-corrected chi connectivity index (χ2v) is 4.70. The number of carbonyl (C=O) groups is 1. The SMILES string of the molecule is CNC(=O)C(C)(C)CNCc1ccccc1O. The molecule has 1 rings (SSSR count). The summed E-state index contributed by atoms with van der Waals surface area (Å²) in [6, 6.07) is 7.17. The lowest BCUT2D eigenvalue weighted by Crippen LogP contribution is -2.41. The number of para-hydroxylation sites is 1. The number of phenols is 1. The molecule has 1 amide bonds. The number of carbonyl (C=O) groups excluding carboxylic acids is 1. The van der Waals surface area contributed by atoms with E-state index in [1.807, 2.05) is 26.0 Å². The Hall–Kier alpha value is -1.55.